The molecule has 0 amide bonds. The van der Waals surface area contributed by atoms with Gasteiger partial charge in [-0.25, -0.2) is 13.2 Å². The van der Waals surface area contributed by atoms with Gasteiger partial charge in [0.2, 0.25) is 34.8 Å². The minimum atomic E-state index is -2.34. The van der Waals surface area contributed by atoms with Crippen molar-refractivity contribution in [3.8, 4) is 5.75 Å². The molecular formula is C34H31F5O6. The Balaban J connectivity index is 1.16. The van der Waals surface area contributed by atoms with Gasteiger partial charge in [-0.3, -0.25) is 4.79 Å². The first-order valence-corrected chi connectivity index (χ1v) is 14.1. The maximum absolute atomic E-state index is 13.6. The minimum absolute atomic E-state index is 0.0761. The van der Waals surface area contributed by atoms with Crippen LogP contribution in [-0.2, 0) is 29.3 Å². The minimum Gasteiger partial charge on any atom is -0.420 e. The van der Waals surface area contributed by atoms with E-state index < -0.39 is 52.8 Å². The standard InChI is InChI=1S/C34H31F5O6/c35-28-29(36)31(38)33(32(39)30(28)37)45-27(40)16-17-41-18-19-42-20-21-43-22-23-44-34(24-10-4-1-5-11-24,25-12-6-2-7-13-25)26-14-8-3-9-15-26/h1-15H,16-23H2. The molecule has 11 heteroatoms. The molecule has 0 saturated heterocycles. The van der Waals surface area contributed by atoms with Crippen LogP contribution in [0.3, 0.4) is 0 Å². The van der Waals surface area contributed by atoms with Gasteiger partial charge in [-0.1, -0.05) is 91.0 Å². The van der Waals surface area contributed by atoms with Gasteiger partial charge in [0, 0.05) is 0 Å². The van der Waals surface area contributed by atoms with Crippen LogP contribution in [0.4, 0.5) is 22.0 Å². The van der Waals surface area contributed by atoms with Gasteiger partial charge < -0.3 is 23.7 Å². The van der Waals surface area contributed by atoms with Crippen LogP contribution in [0.25, 0.3) is 0 Å². The maximum atomic E-state index is 13.6. The van der Waals surface area contributed by atoms with Crippen LogP contribution in [0.15, 0.2) is 91.0 Å². The molecule has 0 unspecified atom stereocenters. The summed E-state index contributed by atoms with van der Waals surface area (Å²) in [7, 11) is 0. The van der Waals surface area contributed by atoms with Crippen LogP contribution in [-0.4, -0.2) is 52.2 Å². The highest BCUT2D eigenvalue weighted by Gasteiger charge is 2.37. The van der Waals surface area contributed by atoms with Crippen molar-refractivity contribution in [2.75, 3.05) is 46.2 Å². The number of hydrogen-bond acceptors (Lipinski definition) is 6. The van der Waals surface area contributed by atoms with Crippen LogP contribution >= 0.6 is 0 Å². The summed E-state index contributed by atoms with van der Waals surface area (Å²) >= 11 is 0. The van der Waals surface area contributed by atoms with E-state index in [0.29, 0.717) is 13.2 Å². The molecule has 0 saturated carbocycles. The van der Waals surface area contributed by atoms with E-state index in [9.17, 15) is 26.7 Å². The van der Waals surface area contributed by atoms with Gasteiger partial charge in [-0.05, 0) is 16.7 Å². The van der Waals surface area contributed by atoms with E-state index in [0.717, 1.165) is 16.7 Å². The van der Waals surface area contributed by atoms with Crippen LogP contribution in [0.1, 0.15) is 23.1 Å². The summed E-state index contributed by atoms with van der Waals surface area (Å²) in [5.74, 6) is -14.1. The van der Waals surface area contributed by atoms with Crippen molar-refractivity contribution < 1.29 is 50.4 Å². The van der Waals surface area contributed by atoms with Gasteiger partial charge in [0.05, 0.1) is 52.7 Å². The highest BCUT2D eigenvalue weighted by molar-refractivity contribution is 5.72. The molecule has 0 aromatic heterocycles. The van der Waals surface area contributed by atoms with Crippen molar-refractivity contribution in [1.82, 2.24) is 0 Å². The Morgan fingerprint density at radius 3 is 1.27 bits per heavy atom. The average Bonchev–Trinajstić information content (AvgIpc) is 3.08. The lowest BCUT2D eigenvalue weighted by Crippen LogP contribution is -2.34. The molecule has 0 radical (unpaired) electrons. The number of esters is 1. The highest BCUT2D eigenvalue weighted by Crippen LogP contribution is 2.40. The molecule has 4 rings (SSSR count). The van der Waals surface area contributed by atoms with Crippen LogP contribution in [0, 0.1) is 29.1 Å². The molecule has 0 aliphatic carbocycles. The maximum Gasteiger partial charge on any atom is 0.313 e. The molecule has 4 aromatic carbocycles. The van der Waals surface area contributed by atoms with Crippen LogP contribution in [0.5, 0.6) is 5.75 Å². The summed E-state index contributed by atoms with van der Waals surface area (Å²) in [4.78, 5) is 11.8. The van der Waals surface area contributed by atoms with Gasteiger partial charge in [0.25, 0.3) is 0 Å². The summed E-state index contributed by atoms with van der Waals surface area (Å²) in [6.07, 6.45) is -0.487. The second-order valence-corrected chi connectivity index (χ2v) is 9.59. The summed E-state index contributed by atoms with van der Waals surface area (Å²) in [6, 6.07) is 29.9. The quantitative estimate of drug-likeness (QED) is 0.0245. The molecular weight excluding hydrogens is 599 g/mol. The Hall–Kier alpha value is -4.16. The zero-order valence-electron chi connectivity index (χ0n) is 24.2. The van der Waals surface area contributed by atoms with Crippen LogP contribution in [0.2, 0.25) is 0 Å². The van der Waals surface area contributed by atoms with Crippen molar-refractivity contribution in [1.29, 1.82) is 0 Å². The zero-order chi connectivity index (χ0) is 32.1. The fourth-order valence-corrected chi connectivity index (χ4v) is 4.56. The number of rotatable bonds is 17. The second kappa shape index (κ2) is 16.8. The lowest BCUT2D eigenvalue weighted by molar-refractivity contribution is -0.136. The highest BCUT2D eigenvalue weighted by atomic mass is 19.2. The SMILES string of the molecule is O=C(CCOCCOCCOCCOC(c1ccccc1)(c1ccccc1)c1ccccc1)Oc1c(F)c(F)c(F)c(F)c1F. The van der Waals surface area contributed by atoms with E-state index in [1.54, 1.807) is 0 Å². The Bertz CT molecular complexity index is 1380. The third kappa shape index (κ3) is 8.52. The van der Waals surface area contributed by atoms with Gasteiger partial charge in [0.15, 0.2) is 0 Å². The van der Waals surface area contributed by atoms with E-state index in [-0.39, 0.29) is 33.0 Å². The van der Waals surface area contributed by atoms with Gasteiger partial charge >= 0.3 is 5.97 Å². The van der Waals surface area contributed by atoms with Gasteiger partial charge in [-0.15, -0.1) is 0 Å². The molecule has 0 aliphatic heterocycles. The summed E-state index contributed by atoms with van der Waals surface area (Å²) in [5, 5.41) is 0. The topological polar surface area (TPSA) is 63.2 Å². The number of halogens is 5. The molecule has 4 aromatic rings. The smallest absolute Gasteiger partial charge is 0.313 e. The molecule has 0 aliphatic rings. The average molecular weight is 631 g/mol. The van der Waals surface area contributed by atoms with Gasteiger partial charge in [-0.2, -0.15) is 8.78 Å². The molecule has 0 fully saturated rings. The second-order valence-electron chi connectivity index (χ2n) is 9.59. The number of ether oxygens (including phenoxy) is 5. The summed E-state index contributed by atoms with van der Waals surface area (Å²) < 4.78 is 94.1. The normalized spacial score (nSPS) is 11.5. The van der Waals surface area contributed by atoms with E-state index >= 15 is 0 Å². The fraction of sp³-hybridized carbons (Fsp3) is 0.265. The van der Waals surface area contributed by atoms with E-state index in [4.69, 9.17) is 18.9 Å². The van der Waals surface area contributed by atoms with Crippen molar-refractivity contribution >= 4 is 5.97 Å². The lowest BCUT2D eigenvalue weighted by atomic mass is 9.80. The first-order chi connectivity index (χ1) is 21.9. The summed E-state index contributed by atoms with van der Waals surface area (Å²) in [6.45, 7) is 1.15. The van der Waals surface area contributed by atoms with E-state index in [1.165, 1.54) is 0 Å². The molecule has 0 bridgehead atoms. The van der Waals surface area contributed by atoms with Crippen LogP contribution < -0.4 is 4.74 Å². The zero-order valence-corrected chi connectivity index (χ0v) is 24.2. The number of benzene rings is 4. The van der Waals surface area contributed by atoms with Crippen molar-refractivity contribution in [2.45, 2.75) is 12.0 Å². The fourth-order valence-electron chi connectivity index (χ4n) is 4.56. The number of carbonyl (C=O) groups is 1. The molecule has 6 nitrogen and oxygen atoms in total. The first kappa shape index (κ1) is 33.7. The van der Waals surface area contributed by atoms with Crippen molar-refractivity contribution in [3.05, 3.63) is 137 Å². The Morgan fingerprint density at radius 2 is 0.844 bits per heavy atom. The molecule has 45 heavy (non-hydrogen) atoms. The van der Waals surface area contributed by atoms with Gasteiger partial charge in [0.1, 0.15) is 5.60 Å². The predicted octanol–water partition coefficient (Wildman–Crippen LogP) is 6.74. The number of carbonyl (C=O) groups excluding carboxylic acids is 1. The predicted molar refractivity (Wildman–Crippen MR) is 154 cm³/mol. The third-order valence-corrected chi connectivity index (χ3v) is 6.67. The molecule has 0 N–H and O–H groups in total. The molecule has 238 valence electrons. The Labute approximate surface area is 257 Å². The van der Waals surface area contributed by atoms with E-state index in [2.05, 4.69) is 4.74 Å². The number of hydrogen-bond donors (Lipinski definition) is 0. The molecule has 0 spiro atoms. The van der Waals surface area contributed by atoms with Crippen molar-refractivity contribution in [3.63, 3.8) is 0 Å². The first-order valence-electron chi connectivity index (χ1n) is 14.1. The molecule has 0 atom stereocenters. The Morgan fingerprint density at radius 1 is 0.489 bits per heavy atom. The van der Waals surface area contributed by atoms with Crippen molar-refractivity contribution in [2.24, 2.45) is 0 Å². The lowest BCUT2D eigenvalue weighted by Gasteiger charge is -2.36. The third-order valence-electron chi connectivity index (χ3n) is 6.67. The Kier molecular flexibility index (Phi) is 12.6. The monoisotopic (exact) mass is 630 g/mol. The summed E-state index contributed by atoms with van der Waals surface area (Å²) in [5.41, 5.74) is 2.10. The van der Waals surface area contributed by atoms with E-state index in [1.807, 2.05) is 91.0 Å². The molecule has 0 heterocycles. The largest absolute Gasteiger partial charge is 0.420 e.